The first-order valence-corrected chi connectivity index (χ1v) is 6.72. The van der Waals surface area contributed by atoms with Crippen molar-refractivity contribution >= 4 is 11.5 Å². The summed E-state index contributed by atoms with van der Waals surface area (Å²) in [5, 5.41) is 9.66. The summed E-state index contributed by atoms with van der Waals surface area (Å²) in [4.78, 5) is 9.31. The maximum absolute atomic E-state index is 9.66. The molecule has 0 amide bonds. The van der Waals surface area contributed by atoms with E-state index in [0.29, 0.717) is 6.04 Å². The summed E-state index contributed by atoms with van der Waals surface area (Å²) in [5.41, 5.74) is 1.78. The van der Waals surface area contributed by atoms with Gasteiger partial charge in [-0.1, -0.05) is 6.07 Å². The number of rotatable bonds is 2. The Balaban J connectivity index is 2.00. The SMILES string of the molecule is CC1CN(c2nc3ccccn3c2CO)CCN1C. The number of aliphatic hydroxyl groups excluding tert-OH is 1. The molecule has 5 nitrogen and oxygen atoms in total. The first-order valence-electron chi connectivity index (χ1n) is 6.72. The molecule has 1 saturated heterocycles. The van der Waals surface area contributed by atoms with Crippen LogP contribution in [0.25, 0.3) is 5.65 Å². The molecule has 1 aliphatic heterocycles. The Labute approximate surface area is 113 Å². The smallest absolute Gasteiger partial charge is 0.153 e. The van der Waals surface area contributed by atoms with Gasteiger partial charge in [0.15, 0.2) is 5.82 Å². The number of pyridine rings is 1. The second-order valence-electron chi connectivity index (χ2n) is 5.24. The van der Waals surface area contributed by atoms with Crippen molar-refractivity contribution in [1.29, 1.82) is 0 Å². The number of likely N-dealkylation sites (N-methyl/N-ethyl adjacent to an activating group) is 1. The van der Waals surface area contributed by atoms with E-state index in [1.807, 2.05) is 28.8 Å². The zero-order valence-electron chi connectivity index (χ0n) is 11.5. The minimum atomic E-state index is 0.0151. The number of hydrogen-bond acceptors (Lipinski definition) is 4. The Bertz CT molecular complexity index is 580. The Hall–Kier alpha value is -1.59. The summed E-state index contributed by atoms with van der Waals surface area (Å²) >= 11 is 0. The van der Waals surface area contributed by atoms with E-state index in [4.69, 9.17) is 0 Å². The maximum atomic E-state index is 9.66. The highest BCUT2D eigenvalue weighted by atomic mass is 16.3. The van der Waals surface area contributed by atoms with E-state index in [1.165, 1.54) is 0 Å². The molecule has 3 heterocycles. The van der Waals surface area contributed by atoms with Gasteiger partial charge in [0.1, 0.15) is 5.65 Å². The van der Waals surface area contributed by atoms with E-state index in [2.05, 4.69) is 28.8 Å². The van der Waals surface area contributed by atoms with E-state index in [9.17, 15) is 5.11 Å². The molecule has 0 radical (unpaired) electrons. The molecular weight excluding hydrogens is 240 g/mol. The number of aromatic nitrogens is 2. The molecule has 1 N–H and O–H groups in total. The van der Waals surface area contributed by atoms with Crippen LogP contribution in [0.2, 0.25) is 0 Å². The van der Waals surface area contributed by atoms with Gasteiger partial charge < -0.3 is 14.9 Å². The first-order chi connectivity index (χ1) is 9.20. The molecule has 0 aliphatic carbocycles. The molecule has 0 saturated carbocycles. The van der Waals surface area contributed by atoms with Crippen LogP contribution in [0, 0.1) is 0 Å². The molecule has 5 heteroatoms. The van der Waals surface area contributed by atoms with Gasteiger partial charge in [0.05, 0.1) is 12.3 Å². The molecule has 1 fully saturated rings. The van der Waals surface area contributed by atoms with Gasteiger partial charge in [-0.2, -0.15) is 0 Å². The lowest BCUT2D eigenvalue weighted by atomic mass is 10.2. The standard InChI is InChI=1S/C14H20N4O/c1-11-9-17(8-7-16(11)2)14-12(10-19)18-6-4-3-5-13(18)15-14/h3-6,11,19H,7-10H2,1-2H3. The van der Waals surface area contributed by atoms with E-state index < -0.39 is 0 Å². The monoisotopic (exact) mass is 260 g/mol. The summed E-state index contributed by atoms with van der Waals surface area (Å²) in [6.45, 7) is 5.17. The number of nitrogens with zero attached hydrogens (tertiary/aromatic N) is 4. The highest BCUT2D eigenvalue weighted by molar-refractivity contribution is 5.56. The van der Waals surface area contributed by atoms with E-state index in [1.54, 1.807) is 0 Å². The molecule has 1 atom stereocenters. The largest absolute Gasteiger partial charge is 0.390 e. The average molecular weight is 260 g/mol. The molecular formula is C14H20N4O. The normalized spacial score (nSPS) is 21.2. The average Bonchev–Trinajstić information content (AvgIpc) is 2.80. The molecule has 2 aromatic heterocycles. The van der Waals surface area contributed by atoms with Crippen LogP contribution in [0.5, 0.6) is 0 Å². The number of fused-ring (bicyclic) bond motifs is 1. The molecule has 19 heavy (non-hydrogen) atoms. The number of hydrogen-bond donors (Lipinski definition) is 1. The fraction of sp³-hybridized carbons (Fsp3) is 0.500. The van der Waals surface area contributed by atoms with Gasteiger partial charge in [-0.25, -0.2) is 4.98 Å². The third kappa shape index (κ3) is 2.09. The molecule has 1 unspecified atom stereocenters. The van der Waals surface area contributed by atoms with Gasteiger partial charge in [-0.05, 0) is 26.1 Å². The highest BCUT2D eigenvalue weighted by Gasteiger charge is 2.25. The van der Waals surface area contributed by atoms with E-state index in [0.717, 1.165) is 36.8 Å². The van der Waals surface area contributed by atoms with Crippen molar-refractivity contribution in [3.63, 3.8) is 0 Å². The van der Waals surface area contributed by atoms with Crippen LogP contribution in [-0.2, 0) is 6.61 Å². The Morgan fingerprint density at radius 2 is 2.21 bits per heavy atom. The third-order valence-electron chi connectivity index (χ3n) is 4.02. The summed E-state index contributed by atoms with van der Waals surface area (Å²) in [7, 11) is 2.15. The minimum Gasteiger partial charge on any atom is -0.390 e. The van der Waals surface area contributed by atoms with Crippen LogP contribution >= 0.6 is 0 Å². The predicted molar refractivity (Wildman–Crippen MR) is 75.4 cm³/mol. The maximum Gasteiger partial charge on any atom is 0.153 e. The quantitative estimate of drug-likeness (QED) is 0.874. The van der Waals surface area contributed by atoms with Crippen LogP contribution in [-0.4, -0.2) is 52.1 Å². The summed E-state index contributed by atoms with van der Waals surface area (Å²) < 4.78 is 1.97. The van der Waals surface area contributed by atoms with Crippen molar-refractivity contribution < 1.29 is 5.11 Å². The molecule has 102 valence electrons. The van der Waals surface area contributed by atoms with Gasteiger partial charge in [0.2, 0.25) is 0 Å². The van der Waals surface area contributed by atoms with Crippen molar-refractivity contribution in [2.45, 2.75) is 19.6 Å². The topological polar surface area (TPSA) is 44.0 Å². The van der Waals surface area contributed by atoms with Crippen LogP contribution in [0.15, 0.2) is 24.4 Å². The Kier molecular flexibility index (Phi) is 3.16. The molecule has 3 rings (SSSR count). The summed E-state index contributed by atoms with van der Waals surface area (Å²) in [6, 6.07) is 6.41. The zero-order chi connectivity index (χ0) is 13.4. The lowest BCUT2D eigenvalue weighted by Crippen LogP contribution is -2.50. The second kappa shape index (κ2) is 4.83. The highest BCUT2D eigenvalue weighted by Crippen LogP contribution is 2.24. The van der Waals surface area contributed by atoms with Crippen LogP contribution in [0.3, 0.4) is 0 Å². The lowest BCUT2D eigenvalue weighted by Gasteiger charge is -2.38. The zero-order valence-corrected chi connectivity index (χ0v) is 11.5. The fourth-order valence-electron chi connectivity index (χ4n) is 2.68. The molecule has 1 aliphatic rings. The van der Waals surface area contributed by atoms with Crippen molar-refractivity contribution in [2.24, 2.45) is 0 Å². The fourth-order valence-corrected chi connectivity index (χ4v) is 2.68. The molecule has 0 aromatic carbocycles. The van der Waals surface area contributed by atoms with E-state index in [-0.39, 0.29) is 6.61 Å². The van der Waals surface area contributed by atoms with Crippen molar-refractivity contribution in [1.82, 2.24) is 14.3 Å². The van der Waals surface area contributed by atoms with Crippen LogP contribution in [0.4, 0.5) is 5.82 Å². The molecule has 0 spiro atoms. The van der Waals surface area contributed by atoms with E-state index >= 15 is 0 Å². The molecule has 2 aromatic rings. The number of aliphatic hydroxyl groups is 1. The Morgan fingerprint density at radius 1 is 1.37 bits per heavy atom. The molecule has 0 bridgehead atoms. The number of piperazine rings is 1. The van der Waals surface area contributed by atoms with Crippen LogP contribution < -0.4 is 4.90 Å². The Morgan fingerprint density at radius 3 is 2.95 bits per heavy atom. The second-order valence-corrected chi connectivity index (χ2v) is 5.24. The summed E-state index contributed by atoms with van der Waals surface area (Å²) in [5.74, 6) is 0.925. The minimum absolute atomic E-state index is 0.0151. The lowest BCUT2D eigenvalue weighted by molar-refractivity contribution is 0.232. The predicted octanol–water partition coefficient (Wildman–Crippen LogP) is 0.967. The number of imidazole rings is 1. The van der Waals surface area contributed by atoms with Crippen molar-refractivity contribution in [3.8, 4) is 0 Å². The van der Waals surface area contributed by atoms with Gasteiger partial charge >= 0.3 is 0 Å². The van der Waals surface area contributed by atoms with Gasteiger partial charge in [-0.15, -0.1) is 0 Å². The van der Waals surface area contributed by atoms with Crippen molar-refractivity contribution in [2.75, 3.05) is 31.6 Å². The summed E-state index contributed by atoms with van der Waals surface area (Å²) in [6.07, 6.45) is 1.96. The van der Waals surface area contributed by atoms with Crippen molar-refractivity contribution in [3.05, 3.63) is 30.1 Å². The number of anilines is 1. The van der Waals surface area contributed by atoms with Gasteiger partial charge in [0.25, 0.3) is 0 Å². The third-order valence-corrected chi connectivity index (χ3v) is 4.02. The first kappa shape index (κ1) is 12.4. The van der Waals surface area contributed by atoms with Gasteiger partial charge in [-0.3, -0.25) is 4.40 Å². The van der Waals surface area contributed by atoms with Crippen LogP contribution in [0.1, 0.15) is 12.6 Å². The van der Waals surface area contributed by atoms with Gasteiger partial charge in [0, 0.05) is 31.9 Å².